The molecule has 0 aliphatic carbocycles. The van der Waals surface area contributed by atoms with Crippen molar-refractivity contribution >= 4 is 43.5 Å². The highest BCUT2D eigenvalue weighted by molar-refractivity contribution is 14.1. The zero-order chi connectivity index (χ0) is 14.3. The second-order valence-corrected chi connectivity index (χ2v) is 7.52. The van der Waals surface area contributed by atoms with E-state index in [0.29, 0.717) is 5.52 Å². The lowest BCUT2D eigenvalue weighted by atomic mass is 10.2. The van der Waals surface area contributed by atoms with Crippen molar-refractivity contribution in [1.29, 1.82) is 0 Å². The van der Waals surface area contributed by atoms with E-state index in [1.165, 1.54) is 0 Å². The summed E-state index contributed by atoms with van der Waals surface area (Å²) < 4.78 is 27.3. The molecule has 6 heteroatoms. The summed E-state index contributed by atoms with van der Waals surface area (Å²) in [7, 11) is -3.65. The van der Waals surface area contributed by atoms with Crippen LogP contribution in [-0.4, -0.2) is 17.6 Å². The van der Waals surface area contributed by atoms with Crippen molar-refractivity contribution in [2.45, 2.75) is 11.8 Å². The predicted molar refractivity (Wildman–Crippen MR) is 86.2 cm³/mol. The molecule has 0 saturated heterocycles. The average molecular weight is 398 g/mol. The Labute approximate surface area is 130 Å². The fourth-order valence-corrected chi connectivity index (χ4v) is 3.77. The van der Waals surface area contributed by atoms with Crippen molar-refractivity contribution in [3.63, 3.8) is 0 Å². The average Bonchev–Trinajstić information content (AvgIpc) is 2.82. The number of fused-ring (bicyclic) bond motifs is 1. The van der Waals surface area contributed by atoms with E-state index < -0.39 is 10.0 Å². The third kappa shape index (κ3) is 2.22. The molecule has 0 fully saturated rings. The molecular formula is C14H11IN2O2S. The zero-order valence-electron chi connectivity index (χ0n) is 10.6. The standard InChI is InChI=1S/C14H11IN2O2S/c1-10-2-5-13(6-3-10)20(18,19)17-14-7-4-12(15)8-11(14)9-16-17/h2-9H,1H3. The molecule has 4 nitrogen and oxygen atoms in total. The number of aromatic nitrogens is 2. The maximum Gasteiger partial charge on any atom is 0.283 e. The molecule has 102 valence electrons. The fraction of sp³-hybridized carbons (Fsp3) is 0.0714. The Morgan fingerprint density at radius 1 is 1.10 bits per heavy atom. The van der Waals surface area contributed by atoms with Gasteiger partial charge in [-0.25, -0.2) is 0 Å². The molecule has 0 saturated carbocycles. The molecule has 0 amide bonds. The molecule has 0 aliphatic rings. The summed E-state index contributed by atoms with van der Waals surface area (Å²) in [5.41, 5.74) is 1.61. The highest BCUT2D eigenvalue weighted by Gasteiger charge is 2.20. The minimum Gasteiger partial charge on any atom is -0.199 e. The van der Waals surface area contributed by atoms with Crippen LogP contribution in [-0.2, 0) is 10.0 Å². The van der Waals surface area contributed by atoms with E-state index >= 15 is 0 Å². The Hall–Kier alpha value is -1.41. The summed E-state index contributed by atoms with van der Waals surface area (Å²) in [4.78, 5) is 0.242. The first kappa shape index (κ1) is 13.6. The van der Waals surface area contributed by atoms with Gasteiger partial charge in [0.25, 0.3) is 10.0 Å². The number of nitrogens with zero attached hydrogens (tertiary/aromatic N) is 2. The van der Waals surface area contributed by atoms with Crippen LogP contribution >= 0.6 is 22.6 Å². The summed E-state index contributed by atoms with van der Waals surface area (Å²) in [6, 6.07) is 12.3. The second kappa shape index (κ2) is 4.85. The van der Waals surface area contributed by atoms with Crippen LogP contribution in [0.2, 0.25) is 0 Å². The SMILES string of the molecule is Cc1ccc(S(=O)(=O)n2ncc3cc(I)ccc32)cc1. The first-order chi connectivity index (χ1) is 9.48. The highest BCUT2D eigenvalue weighted by Crippen LogP contribution is 2.22. The van der Waals surface area contributed by atoms with Gasteiger partial charge in [0, 0.05) is 8.96 Å². The van der Waals surface area contributed by atoms with Crippen LogP contribution in [0, 0.1) is 10.5 Å². The van der Waals surface area contributed by atoms with Crippen molar-refractivity contribution in [3.8, 4) is 0 Å². The molecule has 0 bridgehead atoms. The molecule has 0 atom stereocenters. The van der Waals surface area contributed by atoms with Crippen LogP contribution in [0.1, 0.15) is 5.56 Å². The molecule has 3 rings (SSSR count). The predicted octanol–water partition coefficient (Wildman–Crippen LogP) is 3.19. The normalized spacial score (nSPS) is 11.9. The van der Waals surface area contributed by atoms with Gasteiger partial charge in [0.1, 0.15) is 0 Å². The lowest BCUT2D eigenvalue weighted by molar-refractivity contribution is 0.582. The molecule has 0 radical (unpaired) electrons. The van der Waals surface area contributed by atoms with E-state index in [1.807, 2.05) is 19.1 Å². The van der Waals surface area contributed by atoms with Crippen LogP contribution in [0.3, 0.4) is 0 Å². The maximum atomic E-state index is 12.6. The minimum absolute atomic E-state index is 0.242. The second-order valence-electron chi connectivity index (χ2n) is 4.51. The van der Waals surface area contributed by atoms with Crippen molar-refractivity contribution in [2.75, 3.05) is 0 Å². The van der Waals surface area contributed by atoms with Crippen LogP contribution in [0.4, 0.5) is 0 Å². The summed E-state index contributed by atoms with van der Waals surface area (Å²) in [5.74, 6) is 0. The van der Waals surface area contributed by atoms with E-state index in [2.05, 4.69) is 27.7 Å². The largest absolute Gasteiger partial charge is 0.283 e. The van der Waals surface area contributed by atoms with Gasteiger partial charge in [-0.2, -0.15) is 17.6 Å². The van der Waals surface area contributed by atoms with E-state index in [9.17, 15) is 8.42 Å². The molecule has 20 heavy (non-hydrogen) atoms. The summed E-state index contributed by atoms with van der Waals surface area (Å²) in [6.07, 6.45) is 1.57. The van der Waals surface area contributed by atoms with E-state index in [4.69, 9.17) is 0 Å². The van der Waals surface area contributed by atoms with Gasteiger partial charge in [0.2, 0.25) is 0 Å². The van der Waals surface area contributed by atoms with Crippen molar-refractivity contribution in [2.24, 2.45) is 0 Å². The molecule has 2 aromatic carbocycles. The van der Waals surface area contributed by atoms with Crippen LogP contribution < -0.4 is 0 Å². The Morgan fingerprint density at radius 2 is 1.80 bits per heavy atom. The molecule has 0 aliphatic heterocycles. The summed E-state index contributed by atoms with van der Waals surface area (Å²) in [6.45, 7) is 1.92. The quantitative estimate of drug-likeness (QED) is 0.624. The smallest absolute Gasteiger partial charge is 0.199 e. The molecule has 1 heterocycles. The number of hydrogen-bond donors (Lipinski definition) is 0. The summed E-state index contributed by atoms with van der Waals surface area (Å²) in [5, 5.41) is 4.84. The number of rotatable bonds is 2. The van der Waals surface area contributed by atoms with Gasteiger partial charge in [-0.3, -0.25) is 0 Å². The van der Waals surface area contributed by atoms with E-state index in [1.54, 1.807) is 36.5 Å². The van der Waals surface area contributed by atoms with Crippen LogP contribution in [0.15, 0.2) is 53.6 Å². The molecule has 0 unspecified atom stereocenters. The highest BCUT2D eigenvalue weighted by atomic mass is 127. The fourth-order valence-electron chi connectivity index (χ4n) is 1.98. The Bertz CT molecular complexity index is 883. The lowest BCUT2D eigenvalue weighted by Gasteiger charge is -2.06. The van der Waals surface area contributed by atoms with Gasteiger partial charge in [0.15, 0.2) is 0 Å². The lowest BCUT2D eigenvalue weighted by Crippen LogP contribution is -2.14. The van der Waals surface area contributed by atoms with Gasteiger partial charge in [-0.05, 0) is 59.8 Å². The van der Waals surface area contributed by atoms with E-state index in [0.717, 1.165) is 18.6 Å². The van der Waals surface area contributed by atoms with Gasteiger partial charge in [0.05, 0.1) is 16.6 Å². The number of aryl methyl sites for hydroxylation is 1. The number of hydrogen-bond acceptors (Lipinski definition) is 3. The Morgan fingerprint density at radius 3 is 2.50 bits per heavy atom. The van der Waals surface area contributed by atoms with Gasteiger partial charge >= 0.3 is 0 Å². The summed E-state index contributed by atoms with van der Waals surface area (Å²) >= 11 is 2.19. The van der Waals surface area contributed by atoms with Gasteiger partial charge in [-0.15, -0.1) is 0 Å². The third-order valence-electron chi connectivity index (χ3n) is 3.04. The van der Waals surface area contributed by atoms with Crippen molar-refractivity contribution < 1.29 is 8.42 Å². The van der Waals surface area contributed by atoms with Crippen LogP contribution in [0.5, 0.6) is 0 Å². The number of benzene rings is 2. The Kier molecular flexibility index (Phi) is 3.29. The van der Waals surface area contributed by atoms with Crippen molar-refractivity contribution in [1.82, 2.24) is 9.19 Å². The van der Waals surface area contributed by atoms with Gasteiger partial charge < -0.3 is 0 Å². The first-order valence-corrected chi connectivity index (χ1v) is 8.46. The molecule has 3 aromatic rings. The molecule has 0 N–H and O–H groups in total. The maximum absolute atomic E-state index is 12.6. The molecular weight excluding hydrogens is 387 g/mol. The van der Waals surface area contributed by atoms with E-state index in [-0.39, 0.29) is 4.90 Å². The van der Waals surface area contributed by atoms with Crippen LogP contribution in [0.25, 0.3) is 10.9 Å². The monoisotopic (exact) mass is 398 g/mol. The Balaban J connectivity index is 2.21. The topological polar surface area (TPSA) is 52.0 Å². The molecule has 0 spiro atoms. The minimum atomic E-state index is -3.65. The third-order valence-corrected chi connectivity index (χ3v) is 5.33. The van der Waals surface area contributed by atoms with Gasteiger partial charge in [-0.1, -0.05) is 17.7 Å². The zero-order valence-corrected chi connectivity index (χ0v) is 13.6. The molecule has 1 aromatic heterocycles. The number of halogens is 1. The first-order valence-electron chi connectivity index (χ1n) is 5.94. The van der Waals surface area contributed by atoms with Crippen molar-refractivity contribution in [3.05, 3.63) is 57.8 Å².